The van der Waals surface area contributed by atoms with Crippen LogP contribution in [-0.4, -0.2) is 42.2 Å². The molecule has 0 bridgehead atoms. The zero-order valence-corrected chi connectivity index (χ0v) is 17.4. The molecule has 1 amide bonds. The molecule has 32 heavy (non-hydrogen) atoms. The van der Waals surface area contributed by atoms with Gasteiger partial charge < -0.3 is 19.7 Å². The Morgan fingerprint density at radius 2 is 2.06 bits per heavy atom. The van der Waals surface area contributed by atoms with Crippen LogP contribution in [0.1, 0.15) is 23.0 Å². The number of fused-ring (bicyclic) bond motifs is 1. The molecule has 0 saturated carbocycles. The van der Waals surface area contributed by atoms with E-state index in [0.717, 1.165) is 16.8 Å². The summed E-state index contributed by atoms with van der Waals surface area (Å²) >= 11 is 0. The molecule has 2 aromatic rings. The van der Waals surface area contributed by atoms with Gasteiger partial charge in [-0.1, -0.05) is 5.92 Å². The Hall–Kier alpha value is -3.08. The fourth-order valence-corrected chi connectivity index (χ4v) is 4.51. The van der Waals surface area contributed by atoms with Crippen LogP contribution in [0.4, 0.5) is 23.2 Å². The van der Waals surface area contributed by atoms with Crippen LogP contribution in [0.15, 0.2) is 29.3 Å². The third kappa shape index (κ3) is 4.29. The molecule has 1 aromatic carbocycles. The first kappa shape index (κ1) is 23.6. The minimum atomic E-state index is -4.99. The molecule has 3 N–H and O–H groups in total. The average molecular weight is 475 g/mol. The number of carbonyl (C=O) groups excluding carboxylic acids is 1. The van der Waals surface area contributed by atoms with Gasteiger partial charge in [0.15, 0.2) is 11.4 Å². The first-order valence-corrected chi connectivity index (χ1v) is 10.4. The second-order valence-corrected chi connectivity index (χ2v) is 8.89. The van der Waals surface area contributed by atoms with E-state index in [9.17, 15) is 35.9 Å². The largest absolute Gasteiger partial charge is 0.488 e. The monoisotopic (exact) mass is 475 g/mol. The van der Waals surface area contributed by atoms with E-state index >= 15 is 0 Å². The van der Waals surface area contributed by atoms with Crippen molar-refractivity contribution >= 4 is 21.6 Å². The second-order valence-electron chi connectivity index (χ2n) is 7.21. The van der Waals surface area contributed by atoms with Crippen molar-refractivity contribution in [2.45, 2.75) is 29.6 Å². The lowest BCUT2D eigenvalue weighted by molar-refractivity contribution is -0.139. The zero-order chi connectivity index (χ0) is 24.1. The Balaban J connectivity index is 1.99. The second kappa shape index (κ2) is 7.80. The van der Waals surface area contributed by atoms with Gasteiger partial charge >= 0.3 is 6.18 Å². The predicted octanol–water partition coefficient (Wildman–Crippen LogP) is 1.86. The highest BCUT2D eigenvalue weighted by atomic mass is 32.2. The fraction of sp³-hybridized carbons (Fsp3) is 0.316. The van der Waals surface area contributed by atoms with E-state index in [0.29, 0.717) is 12.1 Å². The van der Waals surface area contributed by atoms with Gasteiger partial charge in [0.1, 0.15) is 22.9 Å². The number of nitrogens with one attached hydrogen (secondary N) is 2. The fourth-order valence-electron chi connectivity index (χ4n) is 3.01. The number of hydrogen-bond acceptors (Lipinski definition) is 5. The third-order valence-electron chi connectivity index (χ3n) is 4.80. The highest BCUT2D eigenvalue weighted by Gasteiger charge is 2.41. The number of amides is 1. The van der Waals surface area contributed by atoms with Gasteiger partial charge in [0.05, 0.1) is 11.6 Å². The van der Waals surface area contributed by atoms with Crippen molar-refractivity contribution in [1.82, 2.24) is 9.29 Å². The normalized spacial score (nSPS) is 19.6. The van der Waals surface area contributed by atoms with Crippen molar-refractivity contribution in [3.8, 4) is 18.1 Å². The molecule has 2 atom stereocenters. The Morgan fingerprint density at radius 1 is 1.41 bits per heavy atom. The van der Waals surface area contributed by atoms with Crippen LogP contribution in [0.2, 0.25) is 0 Å². The first-order chi connectivity index (χ1) is 14.7. The molecule has 1 aliphatic rings. The summed E-state index contributed by atoms with van der Waals surface area (Å²) in [5.41, 5.74) is -4.20. The number of carbonyl (C=O) groups is 1. The Kier molecular flexibility index (Phi) is 5.75. The molecule has 8 nitrogen and oxygen atoms in total. The molecular formula is C19H17F4N3O5S. The van der Waals surface area contributed by atoms with Crippen LogP contribution in [0, 0.1) is 18.2 Å². The lowest BCUT2D eigenvalue weighted by atomic mass is 9.99. The number of terminal acetylenes is 1. The van der Waals surface area contributed by atoms with Gasteiger partial charge in [-0.3, -0.25) is 4.79 Å². The molecule has 0 spiro atoms. The van der Waals surface area contributed by atoms with Crippen molar-refractivity contribution in [3.63, 3.8) is 0 Å². The summed E-state index contributed by atoms with van der Waals surface area (Å²) in [5, 5.41) is 12.4. The molecule has 1 aliphatic heterocycles. The summed E-state index contributed by atoms with van der Waals surface area (Å²) in [6.07, 6.45) is 1.31. The molecule has 0 aliphatic carbocycles. The molecule has 3 rings (SSSR count). The number of hydrogen-bond donors (Lipinski definition) is 3. The molecule has 0 fully saturated rings. The van der Waals surface area contributed by atoms with Crippen molar-refractivity contribution in [1.29, 1.82) is 0 Å². The molecule has 1 aromatic heterocycles. The van der Waals surface area contributed by atoms with Crippen LogP contribution in [0.3, 0.4) is 0 Å². The Morgan fingerprint density at radius 3 is 2.66 bits per heavy atom. The Labute approximate surface area is 180 Å². The van der Waals surface area contributed by atoms with Gasteiger partial charge in [0, 0.05) is 18.9 Å². The van der Waals surface area contributed by atoms with E-state index in [-0.39, 0.29) is 17.1 Å². The summed E-state index contributed by atoms with van der Waals surface area (Å²) < 4.78 is 86.5. The lowest BCUT2D eigenvalue weighted by Crippen LogP contribution is -2.52. The van der Waals surface area contributed by atoms with Crippen LogP contribution in [0.5, 0.6) is 5.75 Å². The smallest absolute Gasteiger partial charge is 0.419 e. The summed E-state index contributed by atoms with van der Waals surface area (Å²) in [5.74, 6) is -0.870. The number of aryl methyl sites for hydroxylation is 1. The van der Waals surface area contributed by atoms with Gasteiger partial charge in [0.25, 0.3) is 5.91 Å². The molecule has 172 valence electrons. The summed E-state index contributed by atoms with van der Waals surface area (Å²) in [6, 6.07) is 0.622. The van der Waals surface area contributed by atoms with Crippen molar-refractivity contribution in [2.24, 2.45) is 7.05 Å². The van der Waals surface area contributed by atoms with E-state index in [1.54, 1.807) is 0 Å². The topological polar surface area (TPSA) is 110 Å². The number of rotatable bonds is 3. The number of aromatic nitrogens is 1. The first-order valence-electron chi connectivity index (χ1n) is 8.90. The number of nitrogens with zero attached hydrogens (tertiary/aromatic N) is 1. The number of alkyl halides is 3. The maximum Gasteiger partial charge on any atom is 0.419 e. The number of ether oxygens (including phenoxy) is 1. The third-order valence-corrected chi connectivity index (χ3v) is 6.26. The van der Waals surface area contributed by atoms with Gasteiger partial charge in [0.2, 0.25) is 10.0 Å². The van der Waals surface area contributed by atoms with Gasteiger partial charge in [-0.15, -0.1) is 6.42 Å². The van der Waals surface area contributed by atoms with Crippen molar-refractivity contribution < 1.29 is 40.6 Å². The molecule has 0 radical (unpaired) electrons. The van der Waals surface area contributed by atoms with Crippen LogP contribution >= 0.6 is 0 Å². The van der Waals surface area contributed by atoms with E-state index in [1.165, 1.54) is 14.0 Å². The van der Waals surface area contributed by atoms with Crippen LogP contribution < -0.4 is 14.8 Å². The SMILES string of the molecule is C#C[C@@](C)(O)[C@H]1COc2c(cn(C)c2C(=O)Nc2ccc(F)c(C(F)(F)F)c2)S(=O)(=O)N1. The standard InChI is InChI=1S/C19H17F4N3O5S/c1-4-18(2,28)14-9-31-16-13(32(29,30)25-14)8-26(3)15(16)17(27)24-10-5-6-12(20)11(7-10)19(21,22)23/h1,5-8,14,25,28H,9H2,2-3H3,(H,24,27)/t14-,18-/m1/s1. The number of benzene rings is 1. The molecule has 0 saturated heterocycles. The van der Waals surface area contributed by atoms with Gasteiger partial charge in [-0.05, 0) is 25.1 Å². The number of halogens is 4. The maximum atomic E-state index is 13.5. The molecule has 2 heterocycles. The minimum absolute atomic E-state index is 0.329. The highest BCUT2D eigenvalue weighted by molar-refractivity contribution is 7.89. The van der Waals surface area contributed by atoms with Crippen molar-refractivity contribution in [2.75, 3.05) is 11.9 Å². The summed E-state index contributed by atoms with van der Waals surface area (Å²) in [7, 11) is -2.97. The van der Waals surface area contributed by atoms with Crippen LogP contribution in [0.25, 0.3) is 0 Å². The summed E-state index contributed by atoms with van der Waals surface area (Å²) in [6.45, 7) is 0.752. The maximum absolute atomic E-state index is 13.5. The zero-order valence-electron chi connectivity index (χ0n) is 16.6. The molecule has 13 heteroatoms. The van der Waals surface area contributed by atoms with E-state index < -0.39 is 56.6 Å². The summed E-state index contributed by atoms with van der Waals surface area (Å²) in [4.78, 5) is 12.4. The molecule has 0 unspecified atom stereocenters. The van der Waals surface area contributed by atoms with Gasteiger partial charge in [-0.25, -0.2) is 17.5 Å². The van der Waals surface area contributed by atoms with E-state index in [2.05, 4.69) is 10.0 Å². The highest BCUT2D eigenvalue weighted by Crippen LogP contribution is 2.35. The van der Waals surface area contributed by atoms with Crippen molar-refractivity contribution in [3.05, 3.63) is 41.5 Å². The Bertz CT molecular complexity index is 1230. The number of sulfonamides is 1. The lowest BCUT2D eigenvalue weighted by Gasteiger charge is -2.26. The van der Waals surface area contributed by atoms with Gasteiger partial charge in [-0.2, -0.15) is 13.2 Å². The minimum Gasteiger partial charge on any atom is -0.488 e. The average Bonchev–Trinajstić information content (AvgIpc) is 2.96. The number of aliphatic hydroxyl groups is 1. The quantitative estimate of drug-likeness (QED) is 0.464. The van der Waals surface area contributed by atoms with E-state index in [4.69, 9.17) is 11.2 Å². The number of anilines is 1. The van der Waals surface area contributed by atoms with E-state index in [1.807, 2.05) is 5.92 Å². The predicted molar refractivity (Wildman–Crippen MR) is 104 cm³/mol. The van der Waals surface area contributed by atoms with Crippen LogP contribution in [-0.2, 0) is 23.2 Å². The molecular weight excluding hydrogens is 458 g/mol.